The van der Waals surface area contributed by atoms with Crippen molar-refractivity contribution in [1.29, 1.82) is 10.5 Å². The van der Waals surface area contributed by atoms with Gasteiger partial charge in [0.2, 0.25) is 5.75 Å². The maximum Gasteiger partial charge on any atom is 0.329 e. The van der Waals surface area contributed by atoms with E-state index in [1.807, 2.05) is 127 Å². The van der Waals surface area contributed by atoms with Crippen molar-refractivity contribution in [3.05, 3.63) is 131 Å². The third-order valence-electron chi connectivity index (χ3n) is 7.34. The number of halogens is 1. The number of hydrogen-bond donors (Lipinski definition) is 0. The van der Waals surface area contributed by atoms with E-state index in [0.717, 1.165) is 56.7 Å². The normalized spacial score (nSPS) is 10.3. The molecule has 0 spiro atoms. The summed E-state index contributed by atoms with van der Waals surface area (Å²) >= 11 is 0. The molecule has 6 rings (SSSR count). The molecule has 0 unspecified atom stereocenters. The molecule has 4 heterocycles. The predicted octanol–water partition coefficient (Wildman–Crippen LogP) is 3.01. The van der Waals surface area contributed by atoms with E-state index in [1.165, 1.54) is 0 Å². The van der Waals surface area contributed by atoms with Crippen LogP contribution in [0.1, 0.15) is 33.9 Å². The number of aromatic nitrogens is 4. The molecule has 9 heteroatoms. The molecule has 4 aromatic heterocycles. The Hall–Kier alpha value is -4.87. The van der Waals surface area contributed by atoms with Gasteiger partial charge >= 0.3 is 5.65 Å². The molecular formula is C35H33IN6O2. The second-order valence-electron chi connectivity index (χ2n) is 10.1. The van der Waals surface area contributed by atoms with Crippen molar-refractivity contribution in [2.45, 2.75) is 39.9 Å². The molecular weight excluding hydrogens is 663 g/mol. The van der Waals surface area contributed by atoms with Gasteiger partial charge in [0.25, 0.3) is 0 Å². The minimum Gasteiger partial charge on any atom is -1.00 e. The second kappa shape index (κ2) is 15.0. The van der Waals surface area contributed by atoms with Gasteiger partial charge in [0, 0.05) is 13.1 Å². The van der Waals surface area contributed by atoms with Crippen molar-refractivity contribution in [2.75, 3.05) is 0 Å². The highest BCUT2D eigenvalue weighted by Crippen LogP contribution is 2.23. The quantitative estimate of drug-likeness (QED) is 0.180. The van der Waals surface area contributed by atoms with Gasteiger partial charge in [-0.3, -0.25) is 4.40 Å². The lowest BCUT2D eigenvalue weighted by Gasteiger charge is -2.07. The third-order valence-corrected chi connectivity index (χ3v) is 7.34. The van der Waals surface area contributed by atoms with Crippen LogP contribution in [-0.2, 0) is 33.1 Å². The molecule has 0 atom stereocenters. The number of rotatable bonds is 8. The molecule has 44 heavy (non-hydrogen) atoms. The minimum absolute atomic E-state index is 0. The summed E-state index contributed by atoms with van der Waals surface area (Å²) < 4.78 is 17.9. The molecule has 0 bridgehead atoms. The van der Waals surface area contributed by atoms with E-state index in [0.29, 0.717) is 26.1 Å². The molecule has 0 radical (unpaired) electrons. The van der Waals surface area contributed by atoms with Gasteiger partial charge in [-0.05, 0) is 42.3 Å². The Kier molecular flexibility index (Phi) is 11.0. The van der Waals surface area contributed by atoms with Crippen molar-refractivity contribution in [3.63, 3.8) is 0 Å². The van der Waals surface area contributed by atoms with Crippen molar-refractivity contribution < 1.29 is 37.9 Å². The fraction of sp³-hybridized carbons (Fsp3) is 0.200. The SMILES string of the molecule is Cc1c(CC#N)[n+]2cccc(OCc3ccccc3)c2n1C.Cc1nc2c(OCc3ccccc3)cccn2c1CC#N.[I-]. The Bertz CT molecular complexity index is 1940. The Labute approximate surface area is 274 Å². The van der Waals surface area contributed by atoms with Crippen LogP contribution in [0.15, 0.2) is 97.3 Å². The summed E-state index contributed by atoms with van der Waals surface area (Å²) in [4.78, 5) is 4.53. The molecule has 0 fully saturated rings. The van der Waals surface area contributed by atoms with Crippen molar-refractivity contribution in [1.82, 2.24) is 14.0 Å². The van der Waals surface area contributed by atoms with Gasteiger partial charge in [0.1, 0.15) is 25.3 Å². The van der Waals surface area contributed by atoms with Crippen molar-refractivity contribution in [2.24, 2.45) is 7.05 Å². The zero-order valence-electron chi connectivity index (χ0n) is 24.9. The van der Waals surface area contributed by atoms with Gasteiger partial charge in [0.15, 0.2) is 17.1 Å². The van der Waals surface area contributed by atoms with Crippen molar-refractivity contribution in [3.8, 4) is 23.6 Å². The predicted molar refractivity (Wildman–Crippen MR) is 163 cm³/mol. The van der Waals surface area contributed by atoms with Crippen LogP contribution >= 0.6 is 0 Å². The molecule has 0 aliphatic rings. The zero-order valence-corrected chi connectivity index (χ0v) is 27.1. The number of nitriles is 2. The van der Waals surface area contributed by atoms with E-state index in [2.05, 4.69) is 21.7 Å². The highest BCUT2D eigenvalue weighted by atomic mass is 127. The lowest BCUT2D eigenvalue weighted by Crippen LogP contribution is -3.00. The van der Waals surface area contributed by atoms with Crippen LogP contribution in [0.3, 0.4) is 0 Å². The molecule has 0 aliphatic carbocycles. The largest absolute Gasteiger partial charge is 1.00 e. The number of fused-ring (bicyclic) bond motifs is 2. The zero-order chi connectivity index (χ0) is 30.2. The highest BCUT2D eigenvalue weighted by Gasteiger charge is 2.23. The minimum atomic E-state index is 0. The van der Waals surface area contributed by atoms with Crippen LogP contribution in [0.5, 0.6) is 11.5 Å². The number of imidazole rings is 2. The lowest BCUT2D eigenvalue weighted by molar-refractivity contribution is -0.520. The molecule has 222 valence electrons. The second-order valence-corrected chi connectivity index (χ2v) is 10.1. The average Bonchev–Trinajstić information content (AvgIpc) is 3.49. The van der Waals surface area contributed by atoms with Crippen LogP contribution in [0.4, 0.5) is 0 Å². The number of aryl methyl sites for hydroxylation is 2. The summed E-state index contributed by atoms with van der Waals surface area (Å²) in [6, 6.07) is 32.3. The smallest absolute Gasteiger partial charge is 0.329 e. The fourth-order valence-electron chi connectivity index (χ4n) is 5.03. The van der Waals surface area contributed by atoms with Crippen LogP contribution in [0.2, 0.25) is 0 Å². The lowest BCUT2D eigenvalue weighted by atomic mass is 10.2. The highest BCUT2D eigenvalue weighted by molar-refractivity contribution is 5.56. The first-order valence-electron chi connectivity index (χ1n) is 14.0. The van der Waals surface area contributed by atoms with E-state index in [-0.39, 0.29) is 24.0 Å². The first-order chi connectivity index (χ1) is 21.0. The Morgan fingerprint density at radius 3 is 1.98 bits per heavy atom. The van der Waals surface area contributed by atoms with Crippen LogP contribution in [-0.4, -0.2) is 14.0 Å². The Balaban J connectivity index is 0.000000197. The van der Waals surface area contributed by atoms with Gasteiger partial charge in [-0.25, -0.2) is 9.55 Å². The first kappa shape index (κ1) is 32.1. The van der Waals surface area contributed by atoms with Gasteiger partial charge in [-0.15, -0.1) is 0 Å². The van der Waals surface area contributed by atoms with Crippen molar-refractivity contribution >= 4 is 11.3 Å². The summed E-state index contributed by atoms with van der Waals surface area (Å²) in [6.45, 7) is 4.97. The van der Waals surface area contributed by atoms with Gasteiger partial charge in [-0.2, -0.15) is 14.9 Å². The van der Waals surface area contributed by atoms with E-state index in [4.69, 9.17) is 20.0 Å². The molecule has 0 N–H and O–H groups in total. The summed E-state index contributed by atoms with van der Waals surface area (Å²) in [7, 11) is 2.00. The van der Waals surface area contributed by atoms with Gasteiger partial charge in [-0.1, -0.05) is 60.7 Å². The monoisotopic (exact) mass is 696 g/mol. The number of hydrogen-bond acceptors (Lipinski definition) is 5. The van der Waals surface area contributed by atoms with E-state index in [9.17, 15) is 0 Å². The van der Waals surface area contributed by atoms with E-state index >= 15 is 0 Å². The standard InChI is InChI=1S/C18H18N3O.C17H15N3O.HI/c1-14-16(10-11-19)21-12-6-9-17(18(21)20(14)2)22-13-15-7-4-3-5-8-15;1-13-15(9-10-18)20-11-5-8-16(17(20)19-13)21-12-14-6-3-2-4-7-14;/h3-9,12H,10,13H2,1-2H3;2-8,11H,9,12H2,1H3;1H/q+1;;/p-1. The summed E-state index contributed by atoms with van der Waals surface area (Å²) in [5, 5.41) is 18.0. The van der Waals surface area contributed by atoms with Crippen LogP contribution in [0.25, 0.3) is 11.3 Å². The topological polar surface area (TPSA) is 92.4 Å². The number of ether oxygens (including phenoxy) is 2. The summed E-state index contributed by atoms with van der Waals surface area (Å²) in [5.41, 5.74) is 7.84. The van der Waals surface area contributed by atoms with Gasteiger partial charge in [0.05, 0.1) is 43.2 Å². The molecule has 0 saturated heterocycles. The molecule has 0 aliphatic heterocycles. The maximum absolute atomic E-state index is 9.03. The van der Waals surface area contributed by atoms with Crippen LogP contribution < -0.4 is 37.9 Å². The molecule has 0 amide bonds. The van der Waals surface area contributed by atoms with Crippen LogP contribution in [0, 0.1) is 36.5 Å². The fourth-order valence-corrected chi connectivity index (χ4v) is 5.03. The number of pyridine rings is 2. The maximum atomic E-state index is 9.03. The summed E-state index contributed by atoms with van der Waals surface area (Å²) in [5.74, 6) is 1.55. The van der Waals surface area contributed by atoms with E-state index < -0.39 is 0 Å². The first-order valence-corrected chi connectivity index (χ1v) is 14.0. The molecule has 2 aromatic carbocycles. The number of nitrogens with zero attached hydrogens (tertiary/aromatic N) is 6. The molecule has 8 nitrogen and oxygen atoms in total. The average molecular weight is 697 g/mol. The van der Waals surface area contributed by atoms with Gasteiger partial charge < -0.3 is 33.5 Å². The molecule has 6 aromatic rings. The molecule has 0 saturated carbocycles. The Morgan fingerprint density at radius 2 is 1.36 bits per heavy atom. The third kappa shape index (κ3) is 7.01. The summed E-state index contributed by atoms with van der Waals surface area (Å²) in [6.07, 6.45) is 4.62. The van der Waals surface area contributed by atoms with E-state index in [1.54, 1.807) is 0 Å². The number of benzene rings is 2. The Morgan fingerprint density at radius 1 is 0.773 bits per heavy atom.